The first-order valence-electron chi connectivity index (χ1n) is 6.94. The molecule has 0 aliphatic carbocycles. The van der Waals surface area contributed by atoms with Crippen LogP contribution < -0.4 is 4.72 Å². The van der Waals surface area contributed by atoms with Crippen LogP contribution >= 0.6 is 15.9 Å². The van der Waals surface area contributed by atoms with Crippen LogP contribution in [0.1, 0.15) is 5.56 Å². The number of aromatic amines is 1. The molecular weight excluding hydrogens is 392 g/mol. The molecule has 0 atom stereocenters. The van der Waals surface area contributed by atoms with E-state index in [0.29, 0.717) is 5.69 Å². The van der Waals surface area contributed by atoms with Gasteiger partial charge in [0.1, 0.15) is 0 Å². The summed E-state index contributed by atoms with van der Waals surface area (Å²) in [6.45, 7) is 0. The highest BCUT2D eigenvalue weighted by Crippen LogP contribution is 2.19. The fraction of sp³-hybridized carbons (Fsp3) is 0. The molecule has 0 spiro atoms. The number of nitrogens with zero attached hydrogens (tertiary/aromatic N) is 2. The normalized spacial score (nSPS) is 11.7. The molecule has 2 heterocycles. The molecule has 0 saturated carbocycles. The van der Waals surface area contributed by atoms with E-state index < -0.39 is 10.0 Å². The minimum atomic E-state index is -3.65. The number of benzene rings is 1. The molecule has 0 amide bonds. The van der Waals surface area contributed by atoms with Crippen LogP contribution in [-0.4, -0.2) is 23.6 Å². The van der Waals surface area contributed by atoms with Crippen molar-refractivity contribution >= 4 is 37.8 Å². The second-order valence-electron chi connectivity index (χ2n) is 4.90. The number of halogens is 1. The van der Waals surface area contributed by atoms with Crippen molar-refractivity contribution in [2.45, 2.75) is 0 Å². The van der Waals surface area contributed by atoms with Crippen molar-refractivity contribution in [2.24, 2.45) is 0 Å². The second kappa shape index (κ2) is 6.98. The second-order valence-corrected chi connectivity index (χ2v) is 7.39. The van der Waals surface area contributed by atoms with Crippen molar-refractivity contribution in [3.8, 4) is 11.3 Å². The minimum absolute atomic E-state index is 0.224. The molecule has 0 unspecified atom stereocenters. The number of rotatable bonds is 5. The standard InChI is InChI=1S/C16H13BrN4O2S/c17-14-3-1-12(2-4-14)7-10-24(22,23)21-16-11-15(19-20-16)13-5-8-18-9-6-13/h1-11H,(H2,19,20,21)/b10-7+. The van der Waals surface area contributed by atoms with E-state index in [4.69, 9.17) is 0 Å². The Balaban J connectivity index is 1.73. The lowest BCUT2D eigenvalue weighted by atomic mass is 10.2. The van der Waals surface area contributed by atoms with Gasteiger partial charge in [-0.3, -0.25) is 14.8 Å². The Kier molecular flexibility index (Phi) is 4.77. The average Bonchev–Trinajstić information content (AvgIpc) is 3.03. The lowest BCUT2D eigenvalue weighted by molar-refractivity contribution is 0.609. The number of sulfonamides is 1. The largest absolute Gasteiger partial charge is 0.276 e. The number of nitrogens with one attached hydrogen (secondary N) is 2. The van der Waals surface area contributed by atoms with Gasteiger partial charge >= 0.3 is 0 Å². The zero-order valence-corrected chi connectivity index (χ0v) is 14.8. The lowest BCUT2D eigenvalue weighted by Crippen LogP contribution is -2.09. The topological polar surface area (TPSA) is 87.7 Å². The third-order valence-corrected chi connectivity index (χ3v) is 4.64. The highest BCUT2D eigenvalue weighted by molar-refractivity contribution is 9.10. The van der Waals surface area contributed by atoms with Crippen LogP contribution in [0.4, 0.5) is 5.82 Å². The zero-order valence-electron chi connectivity index (χ0n) is 12.3. The molecule has 0 bridgehead atoms. The monoisotopic (exact) mass is 404 g/mol. The van der Waals surface area contributed by atoms with E-state index >= 15 is 0 Å². The highest BCUT2D eigenvalue weighted by atomic mass is 79.9. The molecule has 0 fully saturated rings. The number of aromatic nitrogens is 3. The van der Waals surface area contributed by atoms with Crippen molar-refractivity contribution < 1.29 is 8.42 Å². The summed E-state index contributed by atoms with van der Waals surface area (Å²) in [5.41, 5.74) is 2.35. The Morgan fingerprint density at radius 1 is 1.08 bits per heavy atom. The highest BCUT2D eigenvalue weighted by Gasteiger charge is 2.09. The SMILES string of the molecule is O=S(=O)(/C=C/c1ccc(Br)cc1)Nc1cc(-c2ccncc2)[nH]n1. The summed E-state index contributed by atoms with van der Waals surface area (Å²) < 4.78 is 27.6. The van der Waals surface area contributed by atoms with Crippen LogP contribution in [0.15, 0.2) is 64.7 Å². The van der Waals surface area contributed by atoms with Crippen molar-refractivity contribution in [3.05, 3.63) is 70.3 Å². The summed E-state index contributed by atoms with van der Waals surface area (Å²) in [4.78, 5) is 3.94. The van der Waals surface area contributed by atoms with Gasteiger partial charge in [0, 0.05) is 28.5 Å². The van der Waals surface area contributed by atoms with E-state index in [-0.39, 0.29) is 5.82 Å². The fourth-order valence-corrected chi connectivity index (χ4v) is 3.04. The summed E-state index contributed by atoms with van der Waals surface area (Å²) in [5, 5.41) is 7.87. The van der Waals surface area contributed by atoms with E-state index in [1.165, 1.54) is 6.08 Å². The minimum Gasteiger partial charge on any atom is -0.276 e. The van der Waals surface area contributed by atoms with Crippen LogP contribution in [0.3, 0.4) is 0 Å². The molecule has 1 aromatic carbocycles. The smallest absolute Gasteiger partial charge is 0.256 e. The maximum Gasteiger partial charge on any atom is 0.256 e. The van der Waals surface area contributed by atoms with Crippen LogP contribution in [0.2, 0.25) is 0 Å². The summed E-state index contributed by atoms with van der Waals surface area (Å²) in [6, 6.07) is 12.5. The molecule has 3 rings (SSSR count). The van der Waals surface area contributed by atoms with Gasteiger partial charge in [0.15, 0.2) is 5.82 Å². The predicted molar refractivity (Wildman–Crippen MR) is 97.5 cm³/mol. The van der Waals surface area contributed by atoms with E-state index in [9.17, 15) is 8.42 Å². The van der Waals surface area contributed by atoms with Gasteiger partial charge in [0.25, 0.3) is 10.0 Å². The molecule has 2 aromatic heterocycles. The van der Waals surface area contributed by atoms with Gasteiger partial charge in [-0.2, -0.15) is 5.10 Å². The fourth-order valence-electron chi connectivity index (χ4n) is 1.98. The van der Waals surface area contributed by atoms with E-state index in [0.717, 1.165) is 21.0 Å². The Bertz CT molecular complexity index is 951. The summed E-state index contributed by atoms with van der Waals surface area (Å²) in [5.74, 6) is 0.224. The summed E-state index contributed by atoms with van der Waals surface area (Å²) in [6.07, 6.45) is 4.83. The van der Waals surface area contributed by atoms with Gasteiger partial charge < -0.3 is 0 Å². The molecule has 3 aromatic rings. The zero-order chi connectivity index (χ0) is 17.0. The quantitative estimate of drug-likeness (QED) is 0.679. The molecule has 0 aliphatic rings. The average molecular weight is 405 g/mol. The Morgan fingerprint density at radius 2 is 1.79 bits per heavy atom. The van der Waals surface area contributed by atoms with Gasteiger partial charge in [-0.15, -0.1) is 0 Å². The maximum absolute atomic E-state index is 12.1. The van der Waals surface area contributed by atoms with E-state index in [1.807, 2.05) is 24.3 Å². The molecule has 6 nitrogen and oxygen atoms in total. The van der Waals surface area contributed by atoms with E-state index in [1.54, 1.807) is 30.6 Å². The molecule has 122 valence electrons. The number of hydrogen-bond acceptors (Lipinski definition) is 4. The first kappa shape index (κ1) is 16.4. The van der Waals surface area contributed by atoms with Crippen LogP contribution in [0.25, 0.3) is 17.3 Å². The molecule has 0 saturated heterocycles. The van der Waals surface area contributed by atoms with Crippen LogP contribution in [0.5, 0.6) is 0 Å². The van der Waals surface area contributed by atoms with Gasteiger partial charge in [-0.1, -0.05) is 28.1 Å². The molecule has 0 radical (unpaired) electrons. The molecule has 2 N–H and O–H groups in total. The third-order valence-electron chi connectivity index (χ3n) is 3.13. The number of hydrogen-bond donors (Lipinski definition) is 2. The first-order valence-corrected chi connectivity index (χ1v) is 9.28. The van der Waals surface area contributed by atoms with Crippen molar-refractivity contribution in [1.82, 2.24) is 15.2 Å². The van der Waals surface area contributed by atoms with Gasteiger partial charge in [-0.25, -0.2) is 8.42 Å². The van der Waals surface area contributed by atoms with E-state index in [2.05, 4.69) is 35.8 Å². The van der Waals surface area contributed by atoms with Crippen LogP contribution in [-0.2, 0) is 10.0 Å². The molecular formula is C16H13BrN4O2S. The number of H-pyrrole nitrogens is 1. The molecule has 0 aliphatic heterocycles. The first-order chi connectivity index (χ1) is 11.5. The van der Waals surface area contributed by atoms with Crippen molar-refractivity contribution in [2.75, 3.05) is 4.72 Å². The van der Waals surface area contributed by atoms with Crippen molar-refractivity contribution in [3.63, 3.8) is 0 Å². The van der Waals surface area contributed by atoms with Gasteiger partial charge in [0.2, 0.25) is 0 Å². The summed E-state index contributed by atoms with van der Waals surface area (Å²) in [7, 11) is -3.65. The number of anilines is 1. The number of pyridine rings is 1. The Hall–Kier alpha value is -2.45. The Labute approximate surface area is 147 Å². The lowest BCUT2D eigenvalue weighted by Gasteiger charge is -1.99. The summed E-state index contributed by atoms with van der Waals surface area (Å²) >= 11 is 3.33. The molecule has 24 heavy (non-hydrogen) atoms. The Morgan fingerprint density at radius 3 is 2.50 bits per heavy atom. The van der Waals surface area contributed by atoms with Crippen LogP contribution in [0, 0.1) is 0 Å². The maximum atomic E-state index is 12.1. The molecule has 8 heteroatoms. The third kappa shape index (κ3) is 4.30. The van der Waals surface area contributed by atoms with Gasteiger partial charge in [0.05, 0.1) is 11.1 Å². The van der Waals surface area contributed by atoms with Gasteiger partial charge in [-0.05, 0) is 35.9 Å². The predicted octanol–water partition coefficient (Wildman–Crippen LogP) is 3.65. The van der Waals surface area contributed by atoms with Crippen molar-refractivity contribution in [1.29, 1.82) is 0 Å².